The first-order chi connectivity index (χ1) is 7.66. The molecule has 18 heavy (non-hydrogen) atoms. The fourth-order valence-electron chi connectivity index (χ4n) is 2.07. The van der Waals surface area contributed by atoms with Gasteiger partial charge in [0.15, 0.2) is 0 Å². The first-order valence-electron chi connectivity index (χ1n) is 5.57. The summed E-state index contributed by atoms with van der Waals surface area (Å²) in [5.74, 6) is -0.194. The molecular formula is C11H18Cl2N2O2S. The van der Waals surface area contributed by atoms with E-state index < -0.39 is 5.97 Å². The van der Waals surface area contributed by atoms with E-state index in [9.17, 15) is 4.79 Å². The number of aromatic nitrogens is 1. The first-order valence-corrected chi connectivity index (χ1v) is 6.39. The molecule has 2 heterocycles. The van der Waals surface area contributed by atoms with Crippen LogP contribution in [0, 0.1) is 12.8 Å². The molecule has 2 rings (SSSR count). The highest BCUT2D eigenvalue weighted by atomic mass is 35.5. The third kappa shape index (κ3) is 4.39. The van der Waals surface area contributed by atoms with Crippen molar-refractivity contribution >= 4 is 42.1 Å². The molecule has 104 valence electrons. The maximum Gasteiger partial charge on any atom is 0.347 e. The van der Waals surface area contributed by atoms with Gasteiger partial charge in [0, 0.05) is 6.42 Å². The highest BCUT2D eigenvalue weighted by Crippen LogP contribution is 2.24. The maximum atomic E-state index is 10.9. The average Bonchev–Trinajstić information content (AvgIpc) is 2.61. The summed E-state index contributed by atoms with van der Waals surface area (Å²) in [5.41, 5.74) is 0.654. The monoisotopic (exact) mass is 312 g/mol. The molecule has 0 aliphatic carbocycles. The Morgan fingerprint density at radius 1 is 1.44 bits per heavy atom. The van der Waals surface area contributed by atoms with Gasteiger partial charge in [-0.15, -0.1) is 36.2 Å². The largest absolute Gasteiger partial charge is 0.477 e. The molecule has 1 aromatic heterocycles. The smallest absolute Gasteiger partial charge is 0.347 e. The van der Waals surface area contributed by atoms with Crippen molar-refractivity contribution in [3.8, 4) is 0 Å². The fourth-order valence-corrected chi connectivity index (χ4v) is 3.09. The molecule has 1 saturated heterocycles. The highest BCUT2D eigenvalue weighted by molar-refractivity contribution is 7.13. The minimum atomic E-state index is -0.855. The van der Waals surface area contributed by atoms with Gasteiger partial charge in [0.1, 0.15) is 4.88 Å². The zero-order valence-corrected chi connectivity index (χ0v) is 12.6. The summed E-state index contributed by atoms with van der Waals surface area (Å²) < 4.78 is 0. The molecule has 1 aromatic rings. The minimum Gasteiger partial charge on any atom is -0.477 e. The van der Waals surface area contributed by atoms with E-state index >= 15 is 0 Å². The zero-order valence-electron chi connectivity index (χ0n) is 10.1. The van der Waals surface area contributed by atoms with E-state index in [1.54, 1.807) is 6.92 Å². The third-order valence-corrected chi connectivity index (χ3v) is 4.12. The number of aromatic carboxylic acids is 1. The number of nitrogens with one attached hydrogen (secondary N) is 1. The number of rotatable bonds is 3. The summed E-state index contributed by atoms with van der Waals surface area (Å²) in [6, 6.07) is 0. The Bertz CT molecular complexity index is 392. The Morgan fingerprint density at radius 3 is 2.56 bits per heavy atom. The normalized spacial score (nSPS) is 15.6. The summed E-state index contributed by atoms with van der Waals surface area (Å²) in [5, 5.41) is 13.2. The van der Waals surface area contributed by atoms with E-state index in [0.29, 0.717) is 16.5 Å². The summed E-state index contributed by atoms with van der Waals surface area (Å²) >= 11 is 1.33. The van der Waals surface area contributed by atoms with Crippen LogP contribution in [0.4, 0.5) is 0 Å². The lowest BCUT2D eigenvalue weighted by molar-refractivity contribution is 0.0701. The van der Waals surface area contributed by atoms with Crippen LogP contribution in [0.3, 0.4) is 0 Å². The van der Waals surface area contributed by atoms with Crippen LogP contribution in [0.25, 0.3) is 0 Å². The fraction of sp³-hybridized carbons (Fsp3) is 0.636. The van der Waals surface area contributed by atoms with Crippen molar-refractivity contribution in [2.45, 2.75) is 26.2 Å². The number of halogens is 2. The maximum absolute atomic E-state index is 10.9. The Hall–Kier alpha value is -0.360. The van der Waals surface area contributed by atoms with E-state index in [2.05, 4.69) is 10.3 Å². The second kappa shape index (κ2) is 7.94. The van der Waals surface area contributed by atoms with Crippen LogP contribution in [0.1, 0.15) is 33.2 Å². The van der Waals surface area contributed by atoms with Crippen molar-refractivity contribution in [1.29, 1.82) is 0 Å². The van der Waals surface area contributed by atoms with Crippen molar-refractivity contribution in [2.75, 3.05) is 13.1 Å². The second-order valence-electron chi connectivity index (χ2n) is 4.22. The predicted molar refractivity (Wildman–Crippen MR) is 77.6 cm³/mol. The van der Waals surface area contributed by atoms with Crippen molar-refractivity contribution in [2.24, 2.45) is 5.92 Å². The number of carbonyl (C=O) groups is 1. The van der Waals surface area contributed by atoms with Gasteiger partial charge in [-0.1, -0.05) is 0 Å². The topological polar surface area (TPSA) is 62.2 Å². The molecule has 0 spiro atoms. The molecule has 0 aromatic carbocycles. The third-order valence-electron chi connectivity index (χ3n) is 2.96. The number of nitrogens with zero attached hydrogens (tertiary/aromatic N) is 1. The SMILES string of the molecule is Cc1nc(CC2CCNCC2)sc1C(=O)O.Cl.Cl. The molecule has 2 N–H and O–H groups in total. The molecule has 0 atom stereocenters. The number of carboxylic acids is 1. The molecular weight excluding hydrogens is 295 g/mol. The lowest BCUT2D eigenvalue weighted by atomic mass is 9.95. The number of hydrogen-bond donors (Lipinski definition) is 2. The molecule has 4 nitrogen and oxygen atoms in total. The Kier molecular flexibility index (Phi) is 7.78. The van der Waals surface area contributed by atoms with Crippen LogP contribution < -0.4 is 5.32 Å². The van der Waals surface area contributed by atoms with Crippen molar-refractivity contribution in [3.05, 3.63) is 15.6 Å². The van der Waals surface area contributed by atoms with Crippen LogP contribution in [-0.4, -0.2) is 29.1 Å². The Morgan fingerprint density at radius 2 is 2.06 bits per heavy atom. The van der Waals surface area contributed by atoms with Crippen LogP contribution in [0.15, 0.2) is 0 Å². The van der Waals surface area contributed by atoms with E-state index in [-0.39, 0.29) is 24.8 Å². The number of thiazole rings is 1. The van der Waals surface area contributed by atoms with E-state index in [4.69, 9.17) is 5.11 Å². The van der Waals surface area contributed by atoms with Crippen LogP contribution >= 0.6 is 36.2 Å². The van der Waals surface area contributed by atoms with Gasteiger partial charge in [0.25, 0.3) is 0 Å². The second-order valence-corrected chi connectivity index (χ2v) is 5.31. The van der Waals surface area contributed by atoms with Gasteiger partial charge in [-0.3, -0.25) is 0 Å². The van der Waals surface area contributed by atoms with Gasteiger partial charge in [0.05, 0.1) is 10.7 Å². The van der Waals surface area contributed by atoms with E-state index in [1.807, 2.05) is 0 Å². The van der Waals surface area contributed by atoms with Crippen LogP contribution in [0.2, 0.25) is 0 Å². The van der Waals surface area contributed by atoms with Gasteiger partial charge >= 0.3 is 5.97 Å². The molecule has 1 aliphatic rings. The molecule has 1 fully saturated rings. The molecule has 0 radical (unpaired) electrons. The minimum absolute atomic E-state index is 0. The van der Waals surface area contributed by atoms with Gasteiger partial charge in [0.2, 0.25) is 0 Å². The quantitative estimate of drug-likeness (QED) is 0.900. The standard InChI is InChI=1S/C11H16N2O2S.2ClH/c1-7-10(11(14)15)16-9(13-7)6-8-2-4-12-5-3-8;;/h8,12H,2-6H2,1H3,(H,14,15);2*1H. The number of aryl methyl sites for hydroxylation is 1. The molecule has 1 aliphatic heterocycles. The molecule has 0 saturated carbocycles. The van der Waals surface area contributed by atoms with E-state index in [1.165, 1.54) is 24.2 Å². The highest BCUT2D eigenvalue weighted by Gasteiger charge is 2.18. The first kappa shape index (κ1) is 17.6. The number of hydrogen-bond acceptors (Lipinski definition) is 4. The van der Waals surface area contributed by atoms with Crippen molar-refractivity contribution in [3.63, 3.8) is 0 Å². The van der Waals surface area contributed by atoms with Gasteiger partial charge in [-0.05, 0) is 38.8 Å². The van der Waals surface area contributed by atoms with Gasteiger partial charge in [-0.25, -0.2) is 9.78 Å². The lowest BCUT2D eigenvalue weighted by Gasteiger charge is -2.21. The molecule has 0 unspecified atom stereocenters. The van der Waals surface area contributed by atoms with Gasteiger partial charge < -0.3 is 10.4 Å². The Balaban J connectivity index is 0.00000144. The molecule has 0 bridgehead atoms. The van der Waals surface area contributed by atoms with Crippen molar-refractivity contribution < 1.29 is 9.90 Å². The summed E-state index contributed by atoms with van der Waals surface area (Å²) in [4.78, 5) is 15.6. The van der Waals surface area contributed by atoms with Crippen LogP contribution in [-0.2, 0) is 6.42 Å². The Labute approximate surface area is 123 Å². The summed E-state index contributed by atoms with van der Waals surface area (Å²) in [6.07, 6.45) is 3.27. The number of piperidine rings is 1. The van der Waals surface area contributed by atoms with Crippen molar-refractivity contribution in [1.82, 2.24) is 10.3 Å². The van der Waals surface area contributed by atoms with E-state index in [0.717, 1.165) is 24.5 Å². The number of carboxylic acid groups (broad SMARTS) is 1. The lowest BCUT2D eigenvalue weighted by Crippen LogP contribution is -2.28. The summed E-state index contributed by atoms with van der Waals surface area (Å²) in [7, 11) is 0. The van der Waals surface area contributed by atoms with Gasteiger partial charge in [-0.2, -0.15) is 0 Å². The zero-order chi connectivity index (χ0) is 11.5. The van der Waals surface area contributed by atoms with Crippen LogP contribution in [0.5, 0.6) is 0 Å². The summed E-state index contributed by atoms with van der Waals surface area (Å²) in [6.45, 7) is 3.91. The molecule has 0 amide bonds. The predicted octanol–water partition coefficient (Wildman–Crippen LogP) is 2.54. The average molecular weight is 313 g/mol. The molecule has 7 heteroatoms.